The lowest BCUT2D eigenvalue weighted by molar-refractivity contribution is 0.0402. The zero-order chi connectivity index (χ0) is 13.9. The van der Waals surface area contributed by atoms with E-state index in [0.29, 0.717) is 0 Å². The molecule has 1 saturated heterocycles. The summed E-state index contributed by atoms with van der Waals surface area (Å²) in [6.45, 7) is 9.74. The van der Waals surface area contributed by atoms with E-state index in [4.69, 9.17) is 10.5 Å². The van der Waals surface area contributed by atoms with E-state index in [-0.39, 0.29) is 5.60 Å². The number of rotatable bonds is 4. The van der Waals surface area contributed by atoms with Gasteiger partial charge in [0.1, 0.15) is 11.4 Å². The Morgan fingerprint density at radius 1 is 1.11 bits per heavy atom. The molecule has 19 heavy (non-hydrogen) atoms. The fourth-order valence-corrected chi connectivity index (χ4v) is 2.43. The minimum Gasteiger partial charge on any atom is -0.487 e. The van der Waals surface area contributed by atoms with Crippen LogP contribution in [0.4, 0.5) is 5.69 Å². The smallest absolute Gasteiger partial charge is 0.120 e. The molecule has 4 heteroatoms. The first-order valence-electron chi connectivity index (χ1n) is 6.90. The van der Waals surface area contributed by atoms with E-state index in [1.54, 1.807) is 0 Å². The molecule has 0 radical (unpaired) electrons. The largest absolute Gasteiger partial charge is 0.487 e. The molecule has 1 aliphatic rings. The predicted molar refractivity (Wildman–Crippen MR) is 79.5 cm³/mol. The van der Waals surface area contributed by atoms with Crippen LogP contribution in [0.5, 0.6) is 5.75 Å². The maximum atomic E-state index is 6.08. The number of piperazine rings is 1. The molecule has 0 amide bonds. The number of benzene rings is 1. The van der Waals surface area contributed by atoms with Crippen molar-refractivity contribution in [3.05, 3.63) is 24.3 Å². The summed E-state index contributed by atoms with van der Waals surface area (Å²) in [5, 5.41) is 0. The third-order valence-corrected chi connectivity index (χ3v) is 3.47. The van der Waals surface area contributed by atoms with E-state index in [9.17, 15) is 0 Å². The average Bonchev–Trinajstić information content (AvgIpc) is 2.34. The van der Waals surface area contributed by atoms with Gasteiger partial charge in [-0.2, -0.15) is 0 Å². The van der Waals surface area contributed by atoms with Gasteiger partial charge < -0.3 is 15.4 Å². The molecule has 0 aromatic heterocycles. The number of nitrogen functional groups attached to an aromatic ring is 1. The van der Waals surface area contributed by atoms with Crippen molar-refractivity contribution in [3.63, 3.8) is 0 Å². The Labute approximate surface area is 116 Å². The van der Waals surface area contributed by atoms with Crippen LogP contribution in [0.15, 0.2) is 24.3 Å². The number of nitrogens with two attached hydrogens (primary N) is 1. The van der Waals surface area contributed by atoms with Gasteiger partial charge in [-0.15, -0.1) is 0 Å². The Hall–Kier alpha value is -1.26. The fourth-order valence-electron chi connectivity index (χ4n) is 2.43. The van der Waals surface area contributed by atoms with Gasteiger partial charge in [-0.1, -0.05) is 0 Å². The zero-order valence-electron chi connectivity index (χ0n) is 12.2. The van der Waals surface area contributed by atoms with E-state index in [0.717, 1.165) is 44.2 Å². The number of anilines is 1. The summed E-state index contributed by atoms with van der Waals surface area (Å²) >= 11 is 0. The lowest BCUT2D eigenvalue weighted by atomic mass is 10.1. The standard InChI is InChI=1S/C15H25N3O/c1-15(2,12-18-10-8-17(3)9-11-18)19-14-6-4-13(16)5-7-14/h4-7H,8-12,16H2,1-3H3. The second-order valence-corrected chi connectivity index (χ2v) is 6.01. The summed E-state index contributed by atoms with van der Waals surface area (Å²) in [4.78, 5) is 4.83. The Balaban J connectivity index is 1.89. The topological polar surface area (TPSA) is 41.7 Å². The number of likely N-dealkylation sites (N-methyl/N-ethyl adjacent to an activating group) is 1. The van der Waals surface area contributed by atoms with Crippen LogP contribution in [0, 0.1) is 0 Å². The maximum Gasteiger partial charge on any atom is 0.120 e. The van der Waals surface area contributed by atoms with Crippen molar-refractivity contribution in [2.75, 3.05) is 45.5 Å². The highest BCUT2D eigenvalue weighted by Gasteiger charge is 2.25. The molecule has 1 heterocycles. The van der Waals surface area contributed by atoms with Crippen molar-refractivity contribution in [2.45, 2.75) is 19.4 Å². The van der Waals surface area contributed by atoms with Crippen molar-refractivity contribution >= 4 is 5.69 Å². The quantitative estimate of drug-likeness (QED) is 0.839. The van der Waals surface area contributed by atoms with Crippen molar-refractivity contribution in [1.29, 1.82) is 0 Å². The molecule has 0 bridgehead atoms. The van der Waals surface area contributed by atoms with Crippen molar-refractivity contribution < 1.29 is 4.74 Å². The number of nitrogens with zero attached hydrogens (tertiary/aromatic N) is 2. The van der Waals surface area contributed by atoms with Gasteiger partial charge in [0.25, 0.3) is 0 Å². The summed E-state index contributed by atoms with van der Waals surface area (Å²) in [6.07, 6.45) is 0. The van der Waals surface area contributed by atoms with Crippen LogP contribution >= 0.6 is 0 Å². The summed E-state index contributed by atoms with van der Waals surface area (Å²) < 4.78 is 6.08. The van der Waals surface area contributed by atoms with E-state index in [1.807, 2.05) is 24.3 Å². The lowest BCUT2D eigenvalue weighted by Crippen LogP contribution is -2.50. The summed E-state index contributed by atoms with van der Waals surface area (Å²) in [5.41, 5.74) is 6.26. The Morgan fingerprint density at radius 2 is 1.68 bits per heavy atom. The van der Waals surface area contributed by atoms with Crippen molar-refractivity contribution in [2.24, 2.45) is 0 Å². The van der Waals surface area contributed by atoms with Gasteiger partial charge in [-0.25, -0.2) is 0 Å². The van der Waals surface area contributed by atoms with Gasteiger partial charge in [0.2, 0.25) is 0 Å². The molecule has 1 aromatic carbocycles. The van der Waals surface area contributed by atoms with Crippen molar-refractivity contribution in [1.82, 2.24) is 9.80 Å². The van der Waals surface area contributed by atoms with Gasteiger partial charge in [0.15, 0.2) is 0 Å². The summed E-state index contributed by atoms with van der Waals surface area (Å²) in [6, 6.07) is 7.62. The van der Waals surface area contributed by atoms with Crippen LogP contribution in [-0.2, 0) is 0 Å². The van der Waals surface area contributed by atoms with Crippen LogP contribution in [0.1, 0.15) is 13.8 Å². The monoisotopic (exact) mass is 263 g/mol. The number of hydrogen-bond donors (Lipinski definition) is 1. The predicted octanol–water partition coefficient (Wildman–Crippen LogP) is 1.67. The van der Waals surface area contributed by atoms with Crippen LogP contribution in [-0.4, -0.2) is 55.2 Å². The molecule has 0 atom stereocenters. The molecule has 106 valence electrons. The van der Waals surface area contributed by atoms with Gasteiger partial charge in [-0.05, 0) is 45.2 Å². The van der Waals surface area contributed by atoms with Gasteiger partial charge in [0, 0.05) is 38.4 Å². The first-order valence-corrected chi connectivity index (χ1v) is 6.90. The van der Waals surface area contributed by atoms with Crippen LogP contribution in [0.3, 0.4) is 0 Å². The second-order valence-electron chi connectivity index (χ2n) is 6.01. The van der Waals surface area contributed by atoms with E-state index >= 15 is 0 Å². The third-order valence-electron chi connectivity index (χ3n) is 3.47. The first kappa shape index (κ1) is 14.2. The molecule has 0 spiro atoms. The molecule has 0 unspecified atom stereocenters. The molecule has 0 saturated carbocycles. The molecular formula is C15H25N3O. The van der Waals surface area contributed by atoms with E-state index in [1.165, 1.54) is 0 Å². The molecule has 0 aliphatic carbocycles. The third kappa shape index (κ3) is 4.40. The summed E-state index contributed by atoms with van der Waals surface area (Å²) in [7, 11) is 2.17. The second kappa shape index (κ2) is 5.80. The number of hydrogen-bond acceptors (Lipinski definition) is 4. The highest BCUT2D eigenvalue weighted by molar-refractivity contribution is 5.41. The first-order chi connectivity index (χ1) is 8.94. The Bertz CT molecular complexity index is 394. The highest BCUT2D eigenvalue weighted by Crippen LogP contribution is 2.21. The normalized spacial score (nSPS) is 18.5. The van der Waals surface area contributed by atoms with E-state index < -0.39 is 0 Å². The maximum absolute atomic E-state index is 6.08. The van der Waals surface area contributed by atoms with Gasteiger partial charge in [0.05, 0.1) is 0 Å². The summed E-state index contributed by atoms with van der Waals surface area (Å²) in [5.74, 6) is 0.883. The molecule has 4 nitrogen and oxygen atoms in total. The fraction of sp³-hybridized carbons (Fsp3) is 0.600. The Kier molecular flexibility index (Phi) is 4.32. The van der Waals surface area contributed by atoms with E-state index in [2.05, 4.69) is 30.7 Å². The minimum atomic E-state index is -0.188. The molecule has 2 N–H and O–H groups in total. The SMILES string of the molecule is CN1CCN(CC(C)(C)Oc2ccc(N)cc2)CC1. The average molecular weight is 263 g/mol. The molecule has 1 aliphatic heterocycles. The molecule has 2 rings (SSSR count). The minimum absolute atomic E-state index is 0.188. The number of ether oxygens (including phenoxy) is 1. The molecule has 1 aromatic rings. The highest BCUT2D eigenvalue weighted by atomic mass is 16.5. The van der Waals surface area contributed by atoms with Crippen LogP contribution < -0.4 is 10.5 Å². The lowest BCUT2D eigenvalue weighted by Gasteiger charge is -2.37. The van der Waals surface area contributed by atoms with Gasteiger partial charge >= 0.3 is 0 Å². The van der Waals surface area contributed by atoms with Crippen molar-refractivity contribution in [3.8, 4) is 5.75 Å². The Morgan fingerprint density at radius 3 is 2.26 bits per heavy atom. The molecule has 1 fully saturated rings. The molecular weight excluding hydrogens is 238 g/mol. The van der Waals surface area contributed by atoms with Gasteiger partial charge in [-0.3, -0.25) is 4.90 Å². The zero-order valence-corrected chi connectivity index (χ0v) is 12.2. The van der Waals surface area contributed by atoms with Crippen LogP contribution in [0.2, 0.25) is 0 Å². The van der Waals surface area contributed by atoms with Crippen LogP contribution in [0.25, 0.3) is 0 Å².